The molecule has 2 aromatic rings. The molecule has 0 bridgehead atoms. The Hall–Kier alpha value is -1.87. The molecular formula is C12H14N4O3S2. The van der Waals surface area contributed by atoms with Crippen molar-refractivity contribution in [1.82, 2.24) is 15.2 Å². The van der Waals surface area contributed by atoms with E-state index >= 15 is 0 Å². The Kier molecular flexibility index (Phi) is 5.34. The third-order valence-electron chi connectivity index (χ3n) is 2.37. The average molecular weight is 326 g/mol. The third-order valence-corrected chi connectivity index (χ3v) is 4.38. The summed E-state index contributed by atoms with van der Waals surface area (Å²) in [4.78, 5) is 27.9. The number of aromatic nitrogens is 3. The van der Waals surface area contributed by atoms with Gasteiger partial charge in [-0.05, 0) is 25.5 Å². The molecule has 0 unspecified atom stereocenters. The Labute approximate surface area is 129 Å². The highest BCUT2D eigenvalue weighted by Gasteiger charge is 2.16. The van der Waals surface area contributed by atoms with E-state index in [9.17, 15) is 9.59 Å². The van der Waals surface area contributed by atoms with Gasteiger partial charge in [-0.1, -0.05) is 11.8 Å². The summed E-state index contributed by atoms with van der Waals surface area (Å²) >= 11 is 2.46. The lowest BCUT2D eigenvalue weighted by Gasteiger charge is -2.00. The number of carbonyl (C=O) groups is 2. The Balaban J connectivity index is 1.92. The predicted molar refractivity (Wildman–Crippen MR) is 80.7 cm³/mol. The molecule has 0 spiro atoms. The quantitative estimate of drug-likeness (QED) is 0.623. The van der Waals surface area contributed by atoms with Gasteiger partial charge in [0.1, 0.15) is 11.2 Å². The zero-order valence-electron chi connectivity index (χ0n) is 11.5. The first-order valence-corrected chi connectivity index (χ1v) is 7.96. The monoisotopic (exact) mass is 326 g/mol. The summed E-state index contributed by atoms with van der Waals surface area (Å²) in [5, 5.41) is 10.3. The van der Waals surface area contributed by atoms with Gasteiger partial charge in [-0.25, -0.2) is 9.78 Å². The number of hydrogen-bond acceptors (Lipinski definition) is 7. The van der Waals surface area contributed by atoms with Crippen LogP contribution in [0.15, 0.2) is 17.6 Å². The standard InChI is InChI=1S/C12H14N4O3S2/c1-3-19-11(18)10-7(2)4-9(21-10)15-8(17)5-20-12-13-6-14-16-12/h4,6H,3,5H2,1-2H3,(H,15,17)(H,13,14,16). The number of hydrogen-bond donors (Lipinski definition) is 2. The molecule has 0 aliphatic rings. The highest BCUT2D eigenvalue weighted by atomic mass is 32.2. The van der Waals surface area contributed by atoms with Crippen molar-refractivity contribution in [3.8, 4) is 0 Å². The van der Waals surface area contributed by atoms with E-state index in [1.807, 2.05) is 6.92 Å². The first-order chi connectivity index (χ1) is 10.1. The molecule has 112 valence electrons. The summed E-state index contributed by atoms with van der Waals surface area (Å²) in [6.45, 7) is 3.89. The fourth-order valence-corrected chi connectivity index (χ4v) is 3.08. The van der Waals surface area contributed by atoms with Crippen LogP contribution < -0.4 is 5.32 Å². The Morgan fingerprint density at radius 1 is 1.52 bits per heavy atom. The highest BCUT2D eigenvalue weighted by Crippen LogP contribution is 2.27. The number of nitrogens with zero attached hydrogens (tertiary/aromatic N) is 2. The number of H-pyrrole nitrogens is 1. The minimum absolute atomic E-state index is 0.173. The van der Waals surface area contributed by atoms with Crippen molar-refractivity contribution in [1.29, 1.82) is 0 Å². The van der Waals surface area contributed by atoms with Crippen molar-refractivity contribution < 1.29 is 14.3 Å². The average Bonchev–Trinajstić information content (AvgIpc) is 3.06. The SMILES string of the molecule is CCOC(=O)c1sc(NC(=O)CSc2ncn[nH]2)cc1C. The molecule has 0 radical (unpaired) electrons. The molecule has 0 fully saturated rings. The number of amides is 1. The number of esters is 1. The molecule has 2 rings (SSSR count). The van der Waals surface area contributed by atoms with Crippen molar-refractivity contribution in [2.75, 3.05) is 17.7 Å². The summed E-state index contributed by atoms with van der Waals surface area (Å²) in [6.07, 6.45) is 1.38. The van der Waals surface area contributed by atoms with Crippen LogP contribution in [0.5, 0.6) is 0 Å². The molecule has 0 saturated carbocycles. The highest BCUT2D eigenvalue weighted by molar-refractivity contribution is 7.99. The summed E-state index contributed by atoms with van der Waals surface area (Å²) in [7, 11) is 0. The normalized spacial score (nSPS) is 10.4. The Bertz CT molecular complexity index is 624. The molecular weight excluding hydrogens is 312 g/mol. The molecule has 0 aliphatic heterocycles. The van der Waals surface area contributed by atoms with Gasteiger partial charge in [-0.15, -0.1) is 11.3 Å². The van der Waals surface area contributed by atoms with Gasteiger partial charge in [0.2, 0.25) is 5.91 Å². The Morgan fingerprint density at radius 2 is 2.33 bits per heavy atom. The second kappa shape index (κ2) is 7.23. The van der Waals surface area contributed by atoms with E-state index in [1.54, 1.807) is 13.0 Å². The second-order valence-electron chi connectivity index (χ2n) is 3.97. The van der Waals surface area contributed by atoms with E-state index in [0.717, 1.165) is 5.56 Å². The zero-order valence-corrected chi connectivity index (χ0v) is 13.1. The molecule has 0 atom stereocenters. The maximum atomic E-state index is 11.8. The molecule has 1 amide bonds. The van der Waals surface area contributed by atoms with E-state index in [2.05, 4.69) is 20.5 Å². The van der Waals surface area contributed by atoms with E-state index < -0.39 is 0 Å². The van der Waals surface area contributed by atoms with Crippen LogP contribution in [0.3, 0.4) is 0 Å². The number of nitrogens with one attached hydrogen (secondary N) is 2. The van der Waals surface area contributed by atoms with Crippen molar-refractivity contribution in [2.24, 2.45) is 0 Å². The molecule has 21 heavy (non-hydrogen) atoms. The van der Waals surface area contributed by atoms with Crippen molar-refractivity contribution in [2.45, 2.75) is 19.0 Å². The lowest BCUT2D eigenvalue weighted by Crippen LogP contribution is -2.13. The number of anilines is 1. The van der Waals surface area contributed by atoms with Crippen LogP contribution in [0.2, 0.25) is 0 Å². The van der Waals surface area contributed by atoms with Gasteiger partial charge < -0.3 is 10.1 Å². The van der Waals surface area contributed by atoms with Gasteiger partial charge in [0.05, 0.1) is 17.4 Å². The lowest BCUT2D eigenvalue weighted by atomic mass is 10.3. The Morgan fingerprint density at radius 3 is 3.00 bits per heavy atom. The molecule has 2 aromatic heterocycles. The van der Waals surface area contributed by atoms with Gasteiger partial charge in [-0.3, -0.25) is 9.89 Å². The second-order valence-corrected chi connectivity index (χ2v) is 5.99. The summed E-state index contributed by atoms with van der Waals surface area (Å²) < 4.78 is 4.96. The summed E-state index contributed by atoms with van der Waals surface area (Å²) in [6, 6.07) is 1.76. The van der Waals surface area contributed by atoms with Crippen LogP contribution in [0, 0.1) is 6.92 Å². The van der Waals surface area contributed by atoms with Crippen molar-refractivity contribution in [3.63, 3.8) is 0 Å². The molecule has 0 aromatic carbocycles. The number of aromatic amines is 1. The molecule has 0 saturated heterocycles. The lowest BCUT2D eigenvalue weighted by molar-refractivity contribution is -0.113. The fourth-order valence-electron chi connectivity index (χ4n) is 1.51. The first kappa shape index (κ1) is 15.5. The molecule has 7 nitrogen and oxygen atoms in total. The van der Waals surface area contributed by atoms with E-state index in [1.165, 1.54) is 29.4 Å². The van der Waals surface area contributed by atoms with Gasteiger partial charge in [0.15, 0.2) is 5.16 Å². The molecule has 0 aliphatic carbocycles. The largest absolute Gasteiger partial charge is 0.462 e. The van der Waals surface area contributed by atoms with Crippen molar-refractivity contribution in [3.05, 3.63) is 22.8 Å². The van der Waals surface area contributed by atoms with Crippen molar-refractivity contribution >= 4 is 40.0 Å². The first-order valence-electron chi connectivity index (χ1n) is 6.15. The summed E-state index contributed by atoms with van der Waals surface area (Å²) in [5.74, 6) is -0.328. The smallest absolute Gasteiger partial charge is 0.348 e. The van der Waals surface area contributed by atoms with Gasteiger partial charge in [-0.2, -0.15) is 5.10 Å². The maximum Gasteiger partial charge on any atom is 0.348 e. The van der Waals surface area contributed by atoms with Crippen LogP contribution >= 0.6 is 23.1 Å². The zero-order chi connectivity index (χ0) is 15.2. The minimum Gasteiger partial charge on any atom is -0.462 e. The van der Waals surface area contributed by atoms with Crippen LogP contribution in [0.4, 0.5) is 5.00 Å². The minimum atomic E-state index is -0.364. The number of thiophene rings is 1. The predicted octanol–water partition coefficient (Wildman–Crippen LogP) is 2.08. The van der Waals surface area contributed by atoms with E-state index in [0.29, 0.717) is 21.6 Å². The topological polar surface area (TPSA) is 97.0 Å². The van der Waals surface area contributed by atoms with Crippen LogP contribution in [-0.2, 0) is 9.53 Å². The molecule has 2 N–H and O–H groups in total. The molecule has 9 heteroatoms. The van der Waals surface area contributed by atoms with Crippen LogP contribution in [0.25, 0.3) is 0 Å². The van der Waals surface area contributed by atoms with Gasteiger partial charge >= 0.3 is 5.97 Å². The van der Waals surface area contributed by atoms with Crippen LogP contribution in [0.1, 0.15) is 22.2 Å². The number of carbonyl (C=O) groups excluding carboxylic acids is 2. The molecule has 2 heterocycles. The fraction of sp³-hybridized carbons (Fsp3) is 0.333. The number of rotatable bonds is 6. The van der Waals surface area contributed by atoms with Gasteiger partial charge in [0, 0.05) is 0 Å². The number of aryl methyl sites for hydroxylation is 1. The maximum absolute atomic E-state index is 11.8. The van der Waals surface area contributed by atoms with Crippen LogP contribution in [-0.4, -0.2) is 39.4 Å². The summed E-state index contributed by atoms with van der Waals surface area (Å²) in [5.41, 5.74) is 0.789. The van der Waals surface area contributed by atoms with E-state index in [-0.39, 0.29) is 17.6 Å². The number of thioether (sulfide) groups is 1. The number of ether oxygens (including phenoxy) is 1. The van der Waals surface area contributed by atoms with E-state index in [4.69, 9.17) is 4.74 Å². The third kappa shape index (κ3) is 4.30. The van der Waals surface area contributed by atoms with Gasteiger partial charge in [0.25, 0.3) is 0 Å².